The second-order valence-electron chi connectivity index (χ2n) is 3.76. The van der Waals surface area contributed by atoms with E-state index in [4.69, 9.17) is 0 Å². The van der Waals surface area contributed by atoms with Gasteiger partial charge in [0, 0.05) is 10.5 Å². The van der Waals surface area contributed by atoms with E-state index in [9.17, 15) is 9.90 Å². The number of carboxylic acids is 1. The lowest BCUT2D eigenvalue weighted by molar-refractivity contribution is 0.0701. The molecular formula is C13H14O2S2. The number of carboxylic acid groups (broad SMARTS) is 1. The van der Waals surface area contributed by atoms with Gasteiger partial charge in [-0.3, -0.25) is 0 Å². The molecule has 90 valence electrons. The summed E-state index contributed by atoms with van der Waals surface area (Å²) in [5, 5.41) is 10.3. The Kier molecular flexibility index (Phi) is 4.07. The van der Waals surface area contributed by atoms with Crippen molar-refractivity contribution in [2.24, 2.45) is 0 Å². The number of fused-ring (bicyclic) bond motifs is 1. The Morgan fingerprint density at radius 3 is 2.88 bits per heavy atom. The summed E-state index contributed by atoms with van der Waals surface area (Å²) in [5.41, 5.74) is 0.983. The van der Waals surface area contributed by atoms with Crippen LogP contribution in [0.1, 0.15) is 28.6 Å². The number of benzene rings is 1. The average Bonchev–Trinajstić information content (AvgIpc) is 2.69. The van der Waals surface area contributed by atoms with E-state index in [0.717, 1.165) is 33.6 Å². The van der Waals surface area contributed by atoms with Gasteiger partial charge in [0.2, 0.25) is 0 Å². The summed E-state index contributed by atoms with van der Waals surface area (Å²) in [4.78, 5) is 11.7. The fourth-order valence-electron chi connectivity index (χ4n) is 1.73. The van der Waals surface area contributed by atoms with Crippen molar-refractivity contribution in [2.45, 2.75) is 19.1 Å². The molecule has 17 heavy (non-hydrogen) atoms. The molecule has 0 saturated carbocycles. The van der Waals surface area contributed by atoms with E-state index in [1.807, 2.05) is 24.3 Å². The highest BCUT2D eigenvalue weighted by molar-refractivity contribution is 7.98. The van der Waals surface area contributed by atoms with Gasteiger partial charge in [-0.05, 0) is 29.2 Å². The largest absolute Gasteiger partial charge is 0.477 e. The molecule has 0 radical (unpaired) electrons. The molecule has 0 amide bonds. The van der Waals surface area contributed by atoms with Crippen LogP contribution in [0.5, 0.6) is 0 Å². The van der Waals surface area contributed by atoms with Crippen LogP contribution < -0.4 is 0 Å². The lowest BCUT2D eigenvalue weighted by atomic mass is 10.1. The zero-order valence-corrected chi connectivity index (χ0v) is 11.2. The van der Waals surface area contributed by atoms with Gasteiger partial charge >= 0.3 is 5.97 Å². The van der Waals surface area contributed by atoms with Crippen molar-refractivity contribution in [3.05, 3.63) is 34.7 Å². The Hall–Kier alpha value is -1.00. The summed E-state index contributed by atoms with van der Waals surface area (Å²) in [6, 6.07) is 7.92. The first-order valence-electron chi connectivity index (χ1n) is 5.55. The summed E-state index contributed by atoms with van der Waals surface area (Å²) in [6.45, 7) is 2.14. The molecule has 0 fully saturated rings. The van der Waals surface area contributed by atoms with Crippen molar-refractivity contribution < 1.29 is 9.90 Å². The van der Waals surface area contributed by atoms with Crippen molar-refractivity contribution in [3.8, 4) is 0 Å². The summed E-state index contributed by atoms with van der Waals surface area (Å²) in [6.07, 6.45) is 1.12. The average molecular weight is 266 g/mol. The van der Waals surface area contributed by atoms with Gasteiger partial charge in [0.05, 0.1) is 0 Å². The van der Waals surface area contributed by atoms with Gasteiger partial charge in [-0.25, -0.2) is 4.79 Å². The number of rotatable bonds is 5. The van der Waals surface area contributed by atoms with E-state index in [1.54, 1.807) is 11.8 Å². The van der Waals surface area contributed by atoms with E-state index in [2.05, 4.69) is 6.92 Å². The molecule has 2 aromatic rings. The van der Waals surface area contributed by atoms with Crippen LogP contribution in [-0.4, -0.2) is 16.8 Å². The van der Waals surface area contributed by atoms with Crippen LogP contribution in [0.2, 0.25) is 0 Å². The molecule has 1 heterocycles. The van der Waals surface area contributed by atoms with E-state index in [-0.39, 0.29) is 0 Å². The van der Waals surface area contributed by atoms with E-state index in [1.165, 1.54) is 11.3 Å². The summed E-state index contributed by atoms with van der Waals surface area (Å²) in [7, 11) is 0. The topological polar surface area (TPSA) is 37.3 Å². The molecule has 2 nitrogen and oxygen atoms in total. The number of hydrogen-bond donors (Lipinski definition) is 1. The van der Waals surface area contributed by atoms with Crippen molar-refractivity contribution in [1.29, 1.82) is 0 Å². The molecule has 0 aliphatic carbocycles. The maximum absolute atomic E-state index is 11.2. The third kappa shape index (κ3) is 2.64. The lowest BCUT2D eigenvalue weighted by Gasteiger charge is -2.01. The molecule has 0 bridgehead atoms. The molecule has 0 saturated heterocycles. The molecular weight excluding hydrogens is 252 g/mol. The third-order valence-electron chi connectivity index (χ3n) is 2.49. The van der Waals surface area contributed by atoms with Crippen molar-refractivity contribution in [2.75, 3.05) is 5.75 Å². The Morgan fingerprint density at radius 2 is 2.18 bits per heavy atom. The quantitative estimate of drug-likeness (QED) is 0.822. The van der Waals surface area contributed by atoms with Crippen LogP contribution in [0.4, 0.5) is 0 Å². The zero-order chi connectivity index (χ0) is 12.3. The monoisotopic (exact) mass is 266 g/mol. The SMILES string of the molecule is CCCSCc1c(C(=O)O)sc2ccccc12. The molecule has 0 spiro atoms. The predicted octanol–water partition coefficient (Wildman–Crippen LogP) is 4.24. The summed E-state index contributed by atoms with van der Waals surface area (Å²) < 4.78 is 1.07. The smallest absolute Gasteiger partial charge is 0.346 e. The van der Waals surface area contributed by atoms with Gasteiger partial charge in [0.1, 0.15) is 4.88 Å². The van der Waals surface area contributed by atoms with E-state index >= 15 is 0 Å². The van der Waals surface area contributed by atoms with Crippen LogP contribution in [0.3, 0.4) is 0 Å². The Labute approximate surface area is 109 Å². The number of hydrogen-bond acceptors (Lipinski definition) is 3. The maximum Gasteiger partial charge on any atom is 0.346 e. The number of thiophene rings is 1. The summed E-state index contributed by atoms with van der Waals surface area (Å²) in [5.74, 6) is 1.06. The molecule has 0 aliphatic heterocycles. The second kappa shape index (κ2) is 5.56. The number of carbonyl (C=O) groups is 1. The molecule has 0 atom stereocenters. The minimum atomic E-state index is -0.807. The Bertz CT molecular complexity index is 531. The predicted molar refractivity (Wildman–Crippen MR) is 75.2 cm³/mol. The highest BCUT2D eigenvalue weighted by Gasteiger charge is 2.16. The first-order valence-corrected chi connectivity index (χ1v) is 7.52. The minimum absolute atomic E-state index is 0.495. The fraction of sp³-hybridized carbons (Fsp3) is 0.308. The molecule has 1 aromatic carbocycles. The fourth-order valence-corrected chi connectivity index (χ4v) is 3.82. The van der Waals surface area contributed by atoms with Crippen LogP contribution in [0.25, 0.3) is 10.1 Å². The molecule has 1 aromatic heterocycles. The lowest BCUT2D eigenvalue weighted by Crippen LogP contribution is -1.96. The first-order chi connectivity index (χ1) is 8.24. The van der Waals surface area contributed by atoms with Crippen LogP contribution in [0, 0.1) is 0 Å². The van der Waals surface area contributed by atoms with Crippen LogP contribution in [-0.2, 0) is 5.75 Å². The van der Waals surface area contributed by atoms with Gasteiger partial charge in [0.15, 0.2) is 0 Å². The summed E-state index contributed by atoms with van der Waals surface area (Å²) >= 11 is 3.18. The van der Waals surface area contributed by atoms with Gasteiger partial charge in [-0.2, -0.15) is 11.8 Å². The van der Waals surface area contributed by atoms with Gasteiger partial charge < -0.3 is 5.11 Å². The van der Waals surface area contributed by atoms with Crippen molar-refractivity contribution >= 4 is 39.2 Å². The van der Waals surface area contributed by atoms with E-state index < -0.39 is 5.97 Å². The molecule has 2 rings (SSSR count). The second-order valence-corrected chi connectivity index (χ2v) is 5.92. The van der Waals surface area contributed by atoms with Crippen molar-refractivity contribution in [3.63, 3.8) is 0 Å². The maximum atomic E-state index is 11.2. The van der Waals surface area contributed by atoms with Crippen LogP contribution in [0.15, 0.2) is 24.3 Å². The first kappa shape index (κ1) is 12.5. The minimum Gasteiger partial charge on any atom is -0.477 e. The number of aromatic carboxylic acids is 1. The van der Waals surface area contributed by atoms with Crippen LogP contribution >= 0.6 is 23.1 Å². The normalized spacial score (nSPS) is 10.9. The van der Waals surface area contributed by atoms with Gasteiger partial charge in [-0.15, -0.1) is 11.3 Å². The Morgan fingerprint density at radius 1 is 1.41 bits per heavy atom. The van der Waals surface area contributed by atoms with Gasteiger partial charge in [0.25, 0.3) is 0 Å². The van der Waals surface area contributed by atoms with Gasteiger partial charge in [-0.1, -0.05) is 25.1 Å². The number of thioether (sulfide) groups is 1. The highest BCUT2D eigenvalue weighted by atomic mass is 32.2. The molecule has 0 unspecified atom stereocenters. The van der Waals surface area contributed by atoms with Crippen molar-refractivity contribution in [1.82, 2.24) is 0 Å². The Balaban J connectivity index is 2.41. The third-order valence-corrected chi connectivity index (χ3v) is 4.88. The molecule has 0 aliphatic rings. The van der Waals surface area contributed by atoms with E-state index in [0.29, 0.717) is 4.88 Å². The molecule has 1 N–H and O–H groups in total. The highest BCUT2D eigenvalue weighted by Crippen LogP contribution is 2.33. The molecule has 4 heteroatoms. The zero-order valence-electron chi connectivity index (χ0n) is 9.60. The standard InChI is InChI=1S/C13H14O2S2/c1-2-7-16-8-10-9-5-3-4-6-11(9)17-12(10)13(14)15/h3-6H,2,7-8H2,1H3,(H,14,15).